The Morgan fingerprint density at radius 2 is 1.77 bits per heavy atom. The maximum absolute atomic E-state index is 14.8. The number of sulfonamides is 1. The number of benzene rings is 2. The van der Waals surface area contributed by atoms with E-state index >= 15 is 0 Å². The van der Waals surface area contributed by atoms with E-state index in [1.165, 1.54) is 40.4 Å². The van der Waals surface area contributed by atoms with E-state index in [2.05, 4.69) is 10.0 Å². The lowest BCUT2D eigenvalue weighted by Crippen LogP contribution is -2.41. The maximum Gasteiger partial charge on any atom is 0.337 e. The molecule has 15 heteroatoms. The first kappa shape index (κ1) is 29.8. The Hall–Kier alpha value is -4.21. The predicted octanol–water partition coefficient (Wildman–Crippen LogP) is 0.401. The van der Waals surface area contributed by atoms with E-state index in [1.807, 2.05) is 4.90 Å². The van der Waals surface area contributed by atoms with Gasteiger partial charge in [0.05, 0.1) is 41.7 Å². The number of nitrogens with zero attached hydrogens (tertiary/aromatic N) is 4. The van der Waals surface area contributed by atoms with E-state index in [-0.39, 0.29) is 45.6 Å². The summed E-state index contributed by atoms with van der Waals surface area (Å²) in [6, 6.07) is 11.6. The molecule has 6 rings (SSSR count). The molecule has 4 aromatic rings. The Morgan fingerprint density at radius 1 is 1.02 bits per heavy atom. The molecular formula is C29H32BFN6O6S. The van der Waals surface area contributed by atoms with Crippen molar-refractivity contribution in [3.05, 3.63) is 85.5 Å². The molecule has 2 N–H and O–H groups in total. The minimum atomic E-state index is -3.74. The number of fused-ring (bicyclic) bond motifs is 1. The molecule has 2 aromatic heterocycles. The van der Waals surface area contributed by atoms with Crippen molar-refractivity contribution in [1.29, 1.82) is 0 Å². The maximum atomic E-state index is 14.8. The fourth-order valence-electron chi connectivity index (χ4n) is 5.43. The average Bonchev–Trinajstić information content (AvgIpc) is 3.82. The number of anilines is 3. The van der Waals surface area contributed by atoms with Crippen molar-refractivity contribution >= 4 is 51.4 Å². The van der Waals surface area contributed by atoms with Gasteiger partial charge in [-0.3, -0.25) is 28.3 Å². The number of nitrogens with one attached hydrogen (secondary N) is 2. The molecule has 2 fully saturated rings. The number of ether oxygens (including phenoxy) is 1. The quantitative estimate of drug-likeness (QED) is 0.256. The molecule has 12 nitrogen and oxygen atoms in total. The van der Waals surface area contributed by atoms with E-state index in [1.54, 1.807) is 32.1 Å². The third-order valence-corrected chi connectivity index (χ3v) is 9.18. The second kappa shape index (κ2) is 11.7. The summed E-state index contributed by atoms with van der Waals surface area (Å²) in [5.41, 5.74) is -0.529. The fourth-order valence-corrected chi connectivity index (χ4v) is 6.52. The van der Waals surface area contributed by atoms with Crippen LogP contribution in [0.15, 0.2) is 62.9 Å². The van der Waals surface area contributed by atoms with Gasteiger partial charge in [0.15, 0.2) is 0 Å². The van der Waals surface area contributed by atoms with Crippen LogP contribution in [0.1, 0.15) is 18.9 Å². The van der Waals surface area contributed by atoms with E-state index in [0.29, 0.717) is 51.2 Å². The summed E-state index contributed by atoms with van der Waals surface area (Å²) in [6.45, 7) is 2.77. The zero-order valence-electron chi connectivity index (χ0n) is 24.4. The van der Waals surface area contributed by atoms with Crippen molar-refractivity contribution in [2.24, 2.45) is 7.05 Å². The molecule has 2 aromatic carbocycles. The topological polar surface area (TPSA) is 137 Å². The lowest BCUT2D eigenvalue weighted by Gasteiger charge is -2.26. The van der Waals surface area contributed by atoms with Crippen LogP contribution in [0.5, 0.6) is 0 Å². The van der Waals surface area contributed by atoms with Gasteiger partial charge in [0.25, 0.3) is 11.1 Å². The monoisotopic (exact) mass is 622 g/mol. The minimum Gasteiger partial charge on any atom is -0.379 e. The van der Waals surface area contributed by atoms with Crippen LogP contribution in [0.25, 0.3) is 16.7 Å². The molecule has 0 spiro atoms. The SMILES string of the molecule is Bc1ccc(Nc2cc(=O)n(C)c3c2c(=O)n(C2CC2)c(=O)n3-c2cccc(NS(=O)(=O)CCN3CCOCC3)c2)c(F)c1. The molecule has 0 bridgehead atoms. The third-order valence-electron chi connectivity index (χ3n) is 7.91. The van der Waals surface area contributed by atoms with E-state index in [4.69, 9.17) is 4.74 Å². The van der Waals surface area contributed by atoms with Gasteiger partial charge in [-0.05, 0) is 43.2 Å². The zero-order chi connectivity index (χ0) is 31.2. The molecule has 44 heavy (non-hydrogen) atoms. The van der Waals surface area contributed by atoms with Crippen LogP contribution >= 0.6 is 0 Å². The molecule has 1 saturated carbocycles. The first-order valence-electron chi connectivity index (χ1n) is 14.4. The normalized spacial score (nSPS) is 15.9. The molecule has 1 aliphatic heterocycles. The van der Waals surface area contributed by atoms with Gasteiger partial charge in [-0.1, -0.05) is 17.6 Å². The van der Waals surface area contributed by atoms with Gasteiger partial charge in [0, 0.05) is 38.8 Å². The lowest BCUT2D eigenvalue weighted by atomic mass is 9.96. The van der Waals surface area contributed by atoms with Crippen LogP contribution in [0.2, 0.25) is 0 Å². The molecule has 0 amide bonds. The van der Waals surface area contributed by atoms with Gasteiger partial charge in [0.2, 0.25) is 10.0 Å². The molecule has 3 heterocycles. The third kappa shape index (κ3) is 5.94. The van der Waals surface area contributed by atoms with Crippen LogP contribution in [-0.2, 0) is 21.8 Å². The highest BCUT2D eigenvalue weighted by molar-refractivity contribution is 7.92. The van der Waals surface area contributed by atoms with Crippen LogP contribution in [0.4, 0.5) is 21.5 Å². The number of hydrogen-bond donors (Lipinski definition) is 2. The first-order chi connectivity index (χ1) is 21.0. The summed E-state index contributed by atoms with van der Waals surface area (Å²) in [5.74, 6) is -0.700. The summed E-state index contributed by atoms with van der Waals surface area (Å²) in [7, 11) is -0.561. The number of rotatable bonds is 9. The summed E-state index contributed by atoms with van der Waals surface area (Å²) in [4.78, 5) is 43.0. The summed E-state index contributed by atoms with van der Waals surface area (Å²) in [5, 5.41) is 2.92. The fraction of sp³-hybridized carbons (Fsp3) is 0.345. The first-order valence-corrected chi connectivity index (χ1v) is 16.0. The molecule has 0 unspecified atom stereocenters. The smallest absolute Gasteiger partial charge is 0.337 e. The standard InChI is InChI=1S/C29H32BFN6O6S/c1-34-25(38)17-24(32-23-8-5-18(30)15-22(23)31)26-27(34)36(29(40)37(28(26)39)20-6-7-20)21-4-2-3-19(16-21)33-44(41,42)14-11-35-9-12-43-13-10-35/h2-5,8,15-17,20,32-33H,6-7,9-14,30H2,1H3. The van der Waals surface area contributed by atoms with E-state index < -0.39 is 32.6 Å². The van der Waals surface area contributed by atoms with Gasteiger partial charge in [-0.2, -0.15) is 0 Å². The summed E-state index contributed by atoms with van der Waals surface area (Å²) < 4.78 is 52.2. The Balaban J connectivity index is 1.46. The Kier molecular flexibility index (Phi) is 7.94. The predicted molar refractivity (Wildman–Crippen MR) is 170 cm³/mol. The highest BCUT2D eigenvalue weighted by atomic mass is 32.2. The molecule has 1 saturated heterocycles. The number of morpholine rings is 1. The molecule has 1 aliphatic carbocycles. The van der Waals surface area contributed by atoms with Gasteiger partial charge < -0.3 is 10.1 Å². The van der Waals surface area contributed by atoms with Crippen molar-refractivity contribution < 1.29 is 17.5 Å². The summed E-state index contributed by atoms with van der Waals surface area (Å²) >= 11 is 0. The van der Waals surface area contributed by atoms with Gasteiger partial charge in [-0.15, -0.1) is 0 Å². The van der Waals surface area contributed by atoms with E-state index in [9.17, 15) is 27.2 Å². The van der Waals surface area contributed by atoms with Crippen LogP contribution < -0.4 is 32.3 Å². The molecule has 0 radical (unpaired) electrons. The number of aromatic nitrogens is 3. The highest BCUT2D eigenvalue weighted by Crippen LogP contribution is 2.33. The Labute approximate surface area is 253 Å². The van der Waals surface area contributed by atoms with Crippen LogP contribution in [0, 0.1) is 5.82 Å². The van der Waals surface area contributed by atoms with Crippen LogP contribution in [0.3, 0.4) is 0 Å². The molecule has 230 valence electrons. The second-order valence-electron chi connectivity index (χ2n) is 11.2. The summed E-state index contributed by atoms with van der Waals surface area (Å²) in [6.07, 6.45) is 1.26. The highest BCUT2D eigenvalue weighted by Gasteiger charge is 2.31. The van der Waals surface area contributed by atoms with Gasteiger partial charge in [0.1, 0.15) is 24.7 Å². The largest absolute Gasteiger partial charge is 0.379 e. The molecule has 0 atom stereocenters. The van der Waals surface area contributed by atoms with Gasteiger partial charge in [-0.25, -0.2) is 22.2 Å². The van der Waals surface area contributed by atoms with Crippen molar-refractivity contribution in [3.8, 4) is 5.69 Å². The number of halogens is 1. The Bertz CT molecular complexity index is 2050. The molecular weight excluding hydrogens is 590 g/mol. The zero-order valence-corrected chi connectivity index (χ0v) is 25.2. The van der Waals surface area contributed by atoms with Crippen molar-refractivity contribution in [1.82, 2.24) is 18.6 Å². The van der Waals surface area contributed by atoms with Crippen molar-refractivity contribution in [2.45, 2.75) is 18.9 Å². The minimum absolute atomic E-state index is 0.00764. The van der Waals surface area contributed by atoms with Crippen LogP contribution in [-0.4, -0.2) is 73.5 Å². The van der Waals surface area contributed by atoms with Crippen molar-refractivity contribution in [3.63, 3.8) is 0 Å². The second-order valence-corrected chi connectivity index (χ2v) is 13.1. The average molecular weight is 622 g/mol. The number of hydrogen-bond acceptors (Lipinski definition) is 8. The van der Waals surface area contributed by atoms with Crippen molar-refractivity contribution in [2.75, 3.05) is 48.6 Å². The number of aryl methyl sites for hydroxylation is 1. The molecule has 2 aliphatic rings. The lowest BCUT2D eigenvalue weighted by molar-refractivity contribution is 0.0408. The number of pyridine rings is 1. The Morgan fingerprint density at radius 3 is 2.48 bits per heavy atom. The van der Waals surface area contributed by atoms with Gasteiger partial charge >= 0.3 is 5.69 Å². The van der Waals surface area contributed by atoms with E-state index in [0.717, 1.165) is 4.57 Å².